The molecule has 8 nitrogen and oxygen atoms in total. The number of aromatic nitrogens is 3. The van der Waals surface area contributed by atoms with Gasteiger partial charge in [-0.15, -0.1) is 10.2 Å². The van der Waals surface area contributed by atoms with E-state index in [9.17, 15) is 4.79 Å². The normalized spacial score (nSPS) is 16.8. The van der Waals surface area contributed by atoms with Crippen LogP contribution >= 0.6 is 11.8 Å². The molecular formula is C25H23N5O3S. The minimum absolute atomic E-state index is 0.140. The highest BCUT2D eigenvalue weighted by Gasteiger charge is 2.38. The number of hydrogen-bond donors (Lipinski definition) is 2. The number of anilines is 1. The molecule has 0 spiro atoms. The molecule has 9 heteroatoms. The molecule has 4 aromatic rings. The maximum absolute atomic E-state index is 13.4. The van der Waals surface area contributed by atoms with E-state index < -0.39 is 5.25 Å². The van der Waals surface area contributed by atoms with Crippen LogP contribution < -0.4 is 20.2 Å². The number of methoxy groups -OCH3 is 2. The van der Waals surface area contributed by atoms with Gasteiger partial charge in [0.05, 0.1) is 20.3 Å². The highest BCUT2D eigenvalue weighted by Crippen LogP contribution is 2.39. The van der Waals surface area contributed by atoms with Crippen molar-refractivity contribution in [2.75, 3.05) is 25.0 Å². The van der Waals surface area contributed by atoms with Crippen molar-refractivity contribution < 1.29 is 14.3 Å². The number of amides is 1. The Morgan fingerprint density at radius 2 is 1.56 bits per heavy atom. The van der Waals surface area contributed by atoms with Crippen molar-refractivity contribution in [2.24, 2.45) is 0 Å². The molecule has 34 heavy (non-hydrogen) atoms. The van der Waals surface area contributed by atoms with Gasteiger partial charge in [-0.05, 0) is 42.0 Å². The summed E-state index contributed by atoms with van der Waals surface area (Å²) < 4.78 is 12.4. The molecule has 1 aliphatic heterocycles. The number of carbonyl (C=O) groups is 1. The first-order valence-corrected chi connectivity index (χ1v) is 11.6. The van der Waals surface area contributed by atoms with Crippen LogP contribution in [-0.2, 0) is 4.79 Å². The predicted octanol–water partition coefficient (Wildman–Crippen LogP) is 4.36. The van der Waals surface area contributed by atoms with Crippen LogP contribution in [0.5, 0.6) is 11.5 Å². The minimum Gasteiger partial charge on any atom is -0.497 e. The van der Waals surface area contributed by atoms with Gasteiger partial charge in [-0.2, -0.15) is 0 Å². The van der Waals surface area contributed by atoms with E-state index in [1.807, 2.05) is 83.5 Å². The lowest BCUT2D eigenvalue weighted by atomic mass is 10.0. The number of thioether (sulfide) groups is 1. The SMILES string of the molecule is COc1ccc(NC(=O)[C@@H]2Sc3nnc(-c4ccccc4)n3N[C@H]2c2ccc(OC)cc2)cc1. The second-order valence-electron chi connectivity index (χ2n) is 7.64. The third-order valence-electron chi connectivity index (χ3n) is 5.56. The summed E-state index contributed by atoms with van der Waals surface area (Å²) in [5.41, 5.74) is 6.05. The van der Waals surface area contributed by atoms with Crippen LogP contribution in [0.2, 0.25) is 0 Å². The summed E-state index contributed by atoms with van der Waals surface area (Å²) in [7, 11) is 3.24. The first-order chi connectivity index (χ1) is 16.7. The van der Waals surface area contributed by atoms with Crippen molar-refractivity contribution in [2.45, 2.75) is 16.4 Å². The first kappa shape index (κ1) is 21.8. The van der Waals surface area contributed by atoms with E-state index in [1.54, 1.807) is 14.2 Å². The Balaban J connectivity index is 1.48. The van der Waals surface area contributed by atoms with E-state index in [0.29, 0.717) is 16.7 Å². The number of ether oxygens (including phenoxy) is 2. The standard InChI is InChI=1S/C25H23N5O3S/c1-32-19-12-8-16(9-13-19)21-22(24(31)26-18-10-14-20(33-2)15-11-18)34-25-28-27-23(30(25)29-21)17-6-4-3-5-7-17/h3-15,21-22,29H,1-2H3,(H,26,31)/t21-,22+/m0/s1. The average Bonchev–Trinajstić information content (AvgIpc) is 3.32. The van der Waals surface area contributed by atoms with Crippen molar-refractivity contribution in [1.29, 1.82) is 0 Å². The van der Waals surface area contributed by atoms with E-state index >= 15 is 0 Å². The first-order valence-electron chi connectivity index (χ1n) is 10.7. The van der Waals surface area contributed by atoms with Gasteiger partial charge in [0.2, 0.25) is 11.1 Å². The molecule has 3 aromatic carbocycles. The van der Waals surface area contributed by atoms with Crippen molar-refractivity contribution in [1.82, 2.24) is 14.9 Å². The molecule has 0 saturated carbocycles. The number of nitrogens with one attached hydrogen (secondary N) is 2. The van der Waals surface area contributed by atoms with Crippen molar-refractivity contribution in [3.63, 3.8) is 0 Å². The average molecular weight is 474 g/mol. The molecule has 0 unspecified atom stereocenters. The highest BCUT2D eigenvalue weighted by molar-refractivity contribution is 8.00. The van der Waals surface area contributed by atoms with Gasteiger partial charge in [-0.25, -0.2) is 4.68 Å². The maximum atomic E-state index is 13.4. The van der Waals surface area contributed by atoms with Gasteiger partial charge < -0.3 is 20.2 Å². The molecule has 2 N–H and O–H groups in total. The number of benzene rings is 3. The third-order valence-corrected chi connectivity index (χ3v) is 6.77. The van der Waals surface area contributed by atoms with Gasteiger partial charge >= 0.3 is 0 Å². The molecular weight excluding hydrogens is 450 g/mol. The molecule has 1 aromatic heterocycles. The summed E-state index contributed by atoms with van der Waals surface area (Å²) in [6.45, 7) is 0. The number of rotatable bonds is 6. The van der Waals surface area contributed by atoms with Gasteiger partial charge in [0.25, 0.3) is 0 Å². The lowest BCUT2D eigenvalue weighted by Crippen LogP contribution is -2.41. The highest BCUT2D eigenvalue weighted by atomic mass is 32.2. The Labute approximate surface area is 201 Å². The lowest BCUT2D eigenvalue weighted by Gasteiger charge is -2.33. The minimum atomic E-state index is -0.490. The Bertz CT molecular complexity index is 1280. The number of nitrogens with zero attached hydrogens (tertiary/aromatic N) is 3. The topological polar surface area (TPSA) is 90.3 Å². The smallest absolute Gasteiger partial charge is 0.240 e. The predicted molar refractivity (Wildman–Crippen MR) is 132 cm³/mol. The van der Waals surface area contributed by atoms with E-state index in [2.05, 4.69) is 20.9 Å². The van der Waals surface area contributed by atoms with Crippen molar-refractivity contribution in [3.8, 4) is 22.9 Å². The number of carbonyl (C=O) groups excluding carboxylic acids is 1. The number of hydrogen-bond acceptors (Lipinski definition) is 7. The molecule has 1 amide bonds. The lowest BCUT2D eigenvalue weighted by molar-refractivity contribution is -0.116. The van der Waals surface area contributed by atoms with E-state index in [-0.39, 0.29) is 11.9 Å². The fourth-order valence-corrected chi connectivity index (χ4v) is 4.86. The van der Waals surface area contributed by atoms with Crippen LogP contribution in [0.3, 0.4) is 0 Å². The Hall–Kier alpha value is -3.98. The fraction of sp³-hybridized carbons (Fsp3) is 0.160. The summed E-state index contributed by atoms with van der Waals surface area (Å²) >= 11 is 1.38. The van der Waals surface area contributed by atoms with Crippen LogP contribution in [0.1, 0.15) is 11.6 Å². The van der Waals surface area contributed by atoms with Crippen LogP contribution in [0, 0.1) is 0 Å². The van der Waals surface area contributed by atoms with Gasteiger partial charge in [0.15, 0.2) is 5.82 Å². The van der Waals surface area contributed by atoms with Crippen LogP contribution in [0.15, 0.2) is 84.0 Å². The zero-order valence-electron chi connectivity index (χ0n) is 18.6. The second-order valence-corrected chi connectivity index (χ2v) is 8.75. The van der Waals surface area contributed by atoms with E-state index in [1.165, 1.54) is 11.8 Å². The van der Waals surface area contributed by atoms with Crippen LogP contribution in [0.4, 0.5) is 5.69 Å². The fourth-order valence-electron chi connectivity index (χ4n) is 3.78. The van der Waals surface area contributed by atoms with Gasteiger partial charge in [0.1, 0.15) is 16.7 Å². The van der Waals surface area contributed by atoms with E-state index in [0.717, 1.165) is 22.6 Å². The quantitative estimate of drug-likeness (QED) is 0.430. The van der Waals surface area contributed by atoms with Crippen LogP contribution in [0.25, 0.3) is 11.4 Å². The summed E-state index contributed by atoms with van der Waals surface area (Å²) in [5, 5.41) is 11.9. The third kappa shape index (κ3) is 4.29. The molecule has 0 fully saturated rings. The summed E-state index contributed by atoms with van der Waals surface area (Å²) in [4.78, 5) is 13.4. The molecule has 0 aliphatic carbocycles. The zero-order valence-corrected chi connectivity index (χ0v) is 19.5. The van der Waals surface area contributed by atoms with Gasteiger partial charge in [0, 0.05) is 11.3 Å². The van der Waals surface area contributed by atoms with Crippen LogP contribution in [-0.4, -0.2) is 40.3 Å². The molecule has 0 bridgehead atoms. The zero-order chi connectivity index (χ0) is 23.5. The largest absolute Gasteiger partial charge is 0.497 e. The van der Waals surface area contributed by atoms with E-state index in [4.69, 9.17) is 9.47 Å². The summed E-state index contributed by atoms with van der Waals surface area (Å²) in [6.07, 6.45) is 0. The monoisotopic (exact) mass is 473 g/mol. The molecule has 1 aliphatic rings. The van der Waals surface area contributed by atoms with Gasteiger partial charge in [-0.3, -0.25) is 4.79 Å². The second kappa shape index (κ2) is 9.48. The van der Waals surface area contributed by atoms with Gasteiger partial charge in [-0.1, -0.05) is 54.2 Å². The van der Waals surface area contributed by atoms with Crippen molar-refractivity contribution >= 4 is 23.4 Å². The molecule has 2 heterocycles. The summed E-state index contributed by atoms with van der Waals surface area (Å²) in [5.74, 6) is 2.03. The Morgan fingerprint density at radius 3 is 2.21 bits per heavy atom. The molecule has 0 radical (unpaired) electrons. The molecule has 172 valence electrons. The number of fused-ring (bicyclic) bond motifs is 1. The Kier molecular flexibility index (Phi) is 6.09. The van der Waals surface area contributed by atoms with Crippen molar-refractivity contribution in [3.05, 3.63) is 84.4 Å². The molecule has 0 saturated heterocycles. The maximum Gasteiger partial charge on any atom is 0.240 e. The molecule has 5 rings (SSSR count). The summed E-state index contributed by atoms with van der Waals surface area (Å²) in [6, 6.07) is 24.5. The molecule has 2 atom stereocenters. The Morgan fingerprint density at radius 1 is 0.912 bits per heavy atom.